The quantitative estimate of drug-likeness (QED) is 0.720. The molecule has 1 aliphatic rings. The summed E-state index contributed by atoms with van der Waals surface area (Å²) in [7, 11) is -3.65. The summed E-state index contributed by atoms with van der Waals surface area (Å²) < 4.78 is 32.7. The molecule has 7 heteroatoms. The number of esters is 1. The van der Waals surface area contributed by atoms with E-state index in [1.165, 1.54) is 16.4 Å². The Bertz CT molecular complexity index is 994. The third kappa shape index (κ3) is 4.41. The van der Waals surface area contributed by atoms with E-state index in [2.05, 4.69) is 0 Å². The van der Waals surface area contributed by atoms with E-state index in [4.69, 9.17) is 10.00 Å². The van der Waals surface area contributed by atoms with Crippen molar-refractivity contribution in [2.45, 2.75) is 43.7 Å². The van der Waals surface area contributed by atoms with Crippen molar-refractivity contribution in [3.63, 3.8) is 0 Å². The van der Waals surface area contributed by atoms with E-state index in [9.17, 15) is 13.2 Å². The van der Waals surface area contributed by atoms with E-state index in [0.717, 1.165) is 24.8 Å². The minimum absolute atomic E-state index is 0.0463. The highest BCUT2D eigenvalue weighted by atomic mass is 32.2. The molecule has 2 aromatic rings. The van der Waals surface area contributed by atoms with Crippen molar-refractivity contribution in [3.8, 4) is 6.07 Å². The molecular weight excluding hydrogens is 376 g/mol. The molecule has 1 aliphatic heterocycles. The fraction of sp³-hybridized carbons (Fsp3) is 0.333. The fourth-order valence-corrected chi connectivity index (χ4v) is 5.00. The summed E-state index contributed by atoms with van der Waals surface area (Å²) >= 11 is 0. The van der Waals surface area contributed by atoms with Crippen LogP contribution >= 0.6 is 0 Å². The molecule has 2 aromatic carbocycles. The predicted octanol–water partition coefficient (Wildman–Crippen LogP) is 3.48. The molecule has 0 unspecified atom stereocenters. The molecule has 0 N–H and O–H groups in total. The molecule has 3 rings (SSSR count). The molecule has 1 heterocycles. The molecule has 1 atom stereocenters. The lowest BCUT2D eigenvalue weighted by Crippen LogP contribution is -2.41. The Morgan fingerprint density at radius 2 is 1.96 bits per heavy atom. The first kappa shape index (κ1) is 20.1. The highest BCUT2D eigenvalue weighted by Crippen LogP contribution is 2.25. The van der Waals surface area contributed by atoms with Gasteiger partial charge >= 0.3 is 5.97 Å². The van der Waals surface area contributed by atoms with Crippen molar-refractivity contribution in [3.05, 3.63) is 65.2 Å². The van der Waals surface area contributed by atoms with Crippen LogP contribution in [0.3, 0.4) is 0 Å². The average molecular weight is 398 g/mol. The zero-order chi connectivity index (χ0) is 20.1. The Kier molecular flexibility index (Phi) is 6.12. The Morgan fingerprint density at radius 3 is 2.64 bits per heavy atom. The van der Waals surface area contributed by atoms with Crippen LogP contribution in [-0.4, -0.2) is 31.3 Å². The number of carbonyl (C=O) groups excluding carboxylic acids is 1. The van der Waals surface area contributed by atoms with Crippen molar-refractivity contribution in [1.29, 1.82) is 5.26 Å². The molecule has 1 fully saturated rings. The molecule has 0 radical (unpaired) electrons. The van der Waals surface area contributed by atoms with Gasteiger partial charge in [-0.3, -0.25) is 0 Å². The summed E-state index contributed by atoms with van der Waals surface area (Å²) in [6.07, 6.45) is 2.70. The number of ether oxygens (including phenoxy) is 1. The van der Waals surface area contributed by atoms with Crippen LogP contribution in [0.4, 0.5) is 0 Å². The minimum Gasteiger partial charge on any atom is -0.457 e. The van der Waals surface area contributed by atoms with Crippen molar-refractivity contribution < 1.29 is 17.9 Å². The lowest BCUT2D eigenvalue weighted by molar-refractivity contribution is 0.0472. The van der Waals surface area contributed by atoms with Crippen LogP contribution in [0.2, 0.25) is 0 Å². The Hall–Kier alpha value is -2.69. The van der Waals surface area contributed by atoms with Crippen LogP contribution in [0.15, 0.2) is 53.4 Å². The molecule has 0 aliphatic carbocycles. The lowest BCUT2D eigenvalue weighted by atomic mass is 10.1. The first-order valence-electron chi connectivity index (χ1n) is 9.20. The summed E-state index contributed by atoms with van der Waals surface area (Å²) in [6.45, 7) is 2.45. The monoisotopic (exact) mass is 398 g/mol. The number of nitriles is 1. The van der Waals surface area contributed by atoms with Gasteiger partial charge in [0, 0.05) is 12.6 Å². The summed E-state index contributed by atoms with van der Waals surface area (Å²) in [5.41, 5.74) is 1.47. The molecule has 1 saturated heterocycles. The standard InChI is InChI=1S/C21H22N2O4S/c1-16-5-2-3-12-23(16)28(25,26)20-7-4-6-19(13-20)21(24)27-15-18-10-8-17(14-22)9-11-18/h4,6-11,13,16H,2-3,5,12,15H2,1H3/t16-/m0/s1. The van der Waals surface area contributed by atoms with Gasteiger partial charge in [0.2, 0.25) is 10.0 Å². The van der Waals surface area contributed by atoms with Gasteiger partial charge in [-0.1, -0.05) is 24.6 Å². The maximum Gasteiger partial charge on any atom is 0.338 e. The summed E-state index contributed by atoms with van der Waals surface area (Å²) in [4.78, 5) is 12.5. The highest BCUT2D eigenvalue weighted by Gasteiger charge is 2.31. The van der Waals surface area contributed by atoms with Crippen molar-refractivity contribution >= 4 is 16.0 Å². The molecule has 0 bridgehead atoms. The third-order valence-electron chi connectivity index (χ3n) is 4.87. The number of sulfonamides is 1. The van der Waals surface area contributed by atoms with E-state index < -0.39 is 16.0 Å². The first-order valence-corrected chi connectivity index (χ1v) is 10.6. The Labute approximate surface area is 165 Å². The fourth-order valence-electron chi connectivity index (χ4n) is 3.26. The zero-order valence-electron chi connectivity index (χ0n) is 15.7. The molecule has 0 spiro atoms. The topological polar surface area (TPSA) is 87.5 Å². The molecule has 146 valence electrons. The second kappa shape index (κ2) is 8.55. The van der Waals surface area contributed by atoms with Gasteiger partial charge in [0.1, 0.15) is 6.61 Å². The summed E-state index contributed by atoms with van der Waals surface area (Å²) in [5, 5.41) is 8.81. The van der Waals surface area contributed by atoms with Gasteiger partial charge < -0.3 is 4.74 Å². The molecule has 0 amide bonds. The third-order valence-corrected chi connectivity index (χ3v) is 6.88. The molecule has 6 nitrogen and oxygen atoms in total. The van der Waals surface area contributed by atoms with E-state index in [-0.39, 0.29) is 23.1 Å². The van der Waals surface area contributed by atoms with Gasteiger partial charge in [-0.05, 0) is 55.7 Å². The Balaban J connectivity index is 1.73. The number of carbonyl (C=O) groups is 1. The van der Waals surface area contributed by atoms with Crippen molar-refractivity contribution in [2.24, 2.45) is 0 Å². The van der Waals surface area contributed by atoms with Gasteiger partial charge in [0.15, 0.2) is 0 Å². The van der Waals surface area contributed by atoms with E-state index in [1.54, 1.807) is 36.4 Å². The van der Waals surface area contributed by atoms with Crippen LogP contribution in [0.5, 0.6) is 0 Å². The predicted molar refractivity (Wildman–Crippen MR) is 104 cm³/mol. The van der Waals surface area contributed by atoms with Crippen molar-refractivity contribution in [2.75, 3.05) is 6.54 Å². The Morgan fingerprint density at radius 1 is 1.21 bits per heavy atom. The van der Waals surface area contributed by atoms with E-state index in [0.29, 0.717) is 12.1 Å². The molecule has 0 saturated carbocycles. The summed E-state index contributed by atoms with van der Waals surface area (Å²) in [6, 6.07) is 14.7. The first-order chi connectivity index (χ1) is 13.4. The smallest absolute Gasteiger partial charge is 0.338 e. The van der Waals surface area contributed by atoms with Gasteiger partial charge in [-0.2, -0.15) is 9.57 Å². The van der Waals surface area contributed by atoms with E-state index >= 15 is 0 Å². The van der Waals surface area contributed by atoms with Crippen LogP contribution < -0.4 is 0 Å². The second-order valence-corrected chi connectivity index (χ2v) is 8.76. The molecular formula is C21H22N2O4S. The molecule has 0 aromatic heterocycles. The highest BCUT2D eigenvalue weighted by molar-refractivity contribution is 7.89. The van der Waals surface area contributed by atoms with Gasteiger partial charge in [-0.25, -0.2) is 13.2 Å². The normalized spacial score (nSPS) is 17.6. The number of hydrogen-bond acceptors (Lipinski definition) is 5. The van der Waals surface area contributed by atoms with Crippen LogP contribution in [0, 0.1) is 11.3 Å². The zero-order valence-corrected chi connectivity index (χ0v) is 16.5. The van der Waals surface area contributed by atoms with Gasteiger partial charge in [0.25, 0.3) is 0 Å². The number of benzene rings is 2. The van der Waals surface area contributed by atoms with Gasteiger partial charge in [0.05, 0.1) is 22.1 Å². The summed E-state index contributed by atoms with van der Waals surface area (Å²) in [5.74, 6) is -0.590. The maximum atomic E-state index is 13.0. The van der Waals surface area contributed by atoms with E-state index in [1.807, 2.05) is 13.0 Å². The number of nitrogens with zero attached hydrogens (tertiary/aromatic N) is 2. The second-order valence-electron chi connectivity index (χ2n) is 6.87. The lowest BCUT2D eigenvalue weighted by Gasteiger charge is -2.32. The van der Waals surface area contributed by atoms with Crippen LogP contribution in [-0.2, 0) is 21.4 Å². The van der Waals surface area contributed by atoms with Crippen molar-refractivity contribution in [1.82, 2.24) is 4.31 Å². The number of hydrogen-bond donors (Lipinski definition) is 0. The number of piperidine rings is 1. The van der Waals surface area contributed by atoms with Gasteiger partial charge in [-0.15, -0.1) is 0 Å². The maximum absolute atomic E-state index is 13.0. The average Bonchev–Trinajstić information content (AvgIpc) is 2.72. The van der Waals surface area contributed by atoms with Crippen LogP contribution in [0.25, 0.3) is 0 Å². The SMILES string of the molecule is C[C@H]1CCCCN1S(=O)(=O)c1cccc(C(=O)OCc2ccc(C#N)cc2)c1. The number of rotatable bonds is 5. The van der Waals surface area contributed by atoms with Crippen LogP contribution in [0.1, 0.15) is 47.7 Å². The minimum atomic E-state index is -3.65. The molecule has 28 heavy (non-hydrogen) atoms. The largest absolute Gasteiger partial charge is 0.457 e.